The Hall–Kier alpha value is -1.18. The number of aryl methyl sites for hydroxylation is 1. The van der Waals surface area contributed by atoms with E-state index in [0.29, 0.717) is 5.78 Å². The molecule has 1 fully saturated rings. The van der Waals surface area contributed by atoms with Crippen LogP contribution >= 0.6 is 0 Å². The summed E-state index contributed by atoms with van der Waals surface area (Å²) < 4.78 is 0. The molecule has 0 amide bonds. The molecular weight excluding hydrogens is 186 g/mol. The molecule has 0 radical (unpaired) electrons. The first kappa shape index (κ1) is 10.3. The zero-order valence-corrected chi connectivity index (χ0v) is 9.20. The van der Waals surface area contributed by atoms with Crippen molar-refractivity contribution in [3.8, 4) is 0 Å². The molecule has 0 N–H and O–H groups in total. The smallest absolute Gasteiger partial charge is 0.166 e. The summed E-state index contributed by atoms with van der Waals surface area (Å²) in [4.78, 5) is 16.3. The molecule has 1 aromatic heterocycles. The van der Waals surface area contributed by atoms with E-state index < -0.39 is 0 Å². The summed E-state index contributed by atoms with van der Waals surface area (Å²) in [5.41, 5.74) is 1.99. The zero-order chi connectivity index (χ0) is 10.7. The highest BCUT2D eigenvalue weighted by Gasteiger charge is 2.24. The second-order valence-electron chi connectivity index (χ2n) is 4.23. The highest BCUT2D eigenvalue weighted by molar-refractivity contribution is 5.99. The molecular formula is C13H17NO. The maximum atomic E-state index is 12.2. The number of ketones is 1. The van der Waals surface area contributed by atoms with Crippen molar-refractivity contribution in [3.63, 3.8) is 0 Å². The third kappa shape index (κ3) is 2.09. The second kappa shape index (κ2) is 4.56. The van der Waals surface area contributed by atoms with Crippen molar-refractivity contribution in [2.24, 2.45) is 5.92 Å². The third-order valence-electron chi connectivity index (χ3n) is 3.28. The predicted octanol–water partition coefficient (Wildman–Crippen LogP) is 3.02. The number of hydrogen-bond acceptors (Lipinski definition) is 2. The van der Waals surface area contributed by atoms with Crippen LogP contribution in [0.25, 0.3) is 0 Å². The molecule has 80 valence electrons. The van der Waals surface area contributed by atoms with Gasteiger partial charge >= 0.3 is 0 Å². The van der Waals surface area contributed by atoms with Crippen LogP contribution in [0.1, 0.15) is 48.5 Å². The standard InChI is InChI=1S/C13H17NO/c1-2-10-9-14-8-7-12(10)13(15)11-5-3-4-6-11/h7-9,11H,2-6H2,1H3. The number of rotatable bonds is 3. The van der Waals surface area contributed by atoms with E-state index >= 15 is 0 Å². The molecule has 1 heterocycles. The van der Waals surface area contributed by atoms with E-state index in [-0.39, 0.29) is 5.92 Å². The van der Waals surface area contributed by atoms with Crippen molar-refractivity contribution in [2.45, 2.75) is 39.0 Å². The van der Waals surface area contributed by atoms with Crippen LogP contribution in [0, 0.1) is 5.92 Å². The van der Waals surface area contributed by atoms with E-state index in [4.69, 9.17) is 0 Å². The Bertz CT molecular complexity index is 353. The normalized spacial score (nSPS) is 16.9. The van der Waals surface area contributed by atoms with Gasteiger partial charge in [0.2, 0.25) is 0 Å². The van der Waals surface area contributed by atoms with Crippen molar-refractivity contribution in [3.05, 3.63) is 29.6 Å². The van der Waals surface area contributed by atoms with E-state index in [1.807, 2.05) is 12.3 Å². The minimum absolute atomic E-state index is 0.276. The van der Waals surface area contributed by atoms with Crippen molar-refractivity contribution >= 4 is 5.78 Å². The van der Waals surface area contributed by atoms with Gasteiger partial charge in [-0.2, -0.15) is 0 Å². The van der Waals surface area contributed by atoms with Gasteiger partial charge in [0.25, 0.3) is 0 Å². The van der Waals surface area contributed by atoms with Crippen molar-refractivity contribution in [1.82, 2.24) is 4.98 Å². The monoisotopic (exact) mass is 203 g/mol. The molecule has 2 heteroatoms. The van der Waals surface area contributed by atoms with Gasteiger partial charge in [-0.25, -0.2) is 0 Å². The number of carbonyl (C=O) groups is 1. The Labute approximate surface area is 90.7 Å². The Morgan fingerprint density at radius 1 is 1.47 bits per heavy atom. The Balaban J connectivity index is 2.24. The van der Waals surface area contributed by atoms with Crippen LogP contribution in [0.3, 0.4) is 0 Å². The van der Waals surface area contributed by atoms with Crippen molar-refractivity contribution < 1.29 is 4.79 Å². The van der Waals surface area contributed by atoms with Crippen LogP contribution in [-0.2, 0) is 6.42 Å². The number of pyridine rings is 1. The first-order chi connectivity index (χ1) is 7.33. The van der Waals surface area contributed by atoms with Gasteiger partial charge in [-0.15, -0.1) is 0 Å². The molecule has 0 saturated heterocycles. The maximum Gasteiger partial charge on any atom is 0.166 e. The number of nitrogens with zero attached hydrogens (tertiary/aromatic N) is 1. The molecule has 0 bridgehead atoms. The molecule has 0 aliphatic heterocycles. The van der Waals surface area contributed by atoms with E-state index in [0.717, 1.165) is 30.4 Å². The quantitative estimate of drug-likeness (QED) is 0.707. The average molecular weight is 203 g/mol. The molecule has 1 aromatic rings. The minimum Gasteiger partial charge on any atom is -0.294 e. The molecule has 0 spiro atoms. The van der Waals surface area contributed by atoms with Gasteiger partial charge in [0.05, 0.1) is 0 Å². The van der Waals surface area contributed by atoms with Crippen molar-refractivity contribution in [2.75, 3.05) is 0 Å². The Morgan fingerprint density at radius 2 is 2.20 bits per heavy atom. The molecule has 2 nitrogen and oxygen atoms in total. The highest BCUT2D eigenvalue weighted by atomic mass is 16.1. The molecule has 1 aliphatic carbocycles. The van der Waals surface area contributed by atoms with E-state index in [9.17, 15) is 4.79 Å². The molecule has 0 atom stereocenters. The fourth-order valence-electron chi connectivity index (χ4n) is 2.36. The van der Waals surface area contributed by atoms with Crippen LogP contribution in [0.2, 0.25) is 0 Å². The lowest BCUT2D eigenvalue weighted by Gasteiger charge is -2.10. The summed E-state index contributed by atoms with van der Waals surface area (Å²) in [5, 5.41) is 0. The molecule has 2 rings (SSSR count). The van der Waals surface area contributed by atoms with Crippen LogP contribution in [0.15, 0.2) is 18.5 Å². The van der Waals surface area contributed by atoms with E-state index in [2.05, 4.69) is 11.9 Å². The van der Waals surface area contributed by atoms with Crippen LogP contribution in [-0.4, -0.2) is 10.8 Å². The largest absolute Gasteiger partial charge is 0.294 e. The summed E-state index contributed by atoms with van der Waals surface area (Å²) in [6, 6.07) is 1.87. The summed E-state index contributed by atoms with van der Waals surface area (Å²) in [6.07, 6.45) is 9.01. The molecule has 0 aromatic carbocycles. The van der Waals surface area contributed by atoms with Gasteiger partial charge in [0.15, 0.2) is 5.78 Å². The molecule has 0 unspecified atom stereocenters. The third-order valence-corrected chi connectivity index (χ3v) is 3.28. The predicted molar refractivity (Wildman–Crippen MR) is 59.9 cm³/mol. The first-order valence-corrected chi connectivity index (χ1v) is 5.80. The number of carbonyl (C=O) groups excluding carboxylic acids is 1. The van der Waals surface area contributed by atoms with Crippen LogP contribution < -0.4 is 0 Å². The summed E-state index contributed by atoms with van der Waals surface area (Å²) in [6.45, 7) is 2.07. The molecule has 15 heavy (non-hydrogen) atoms. The number of hydrogen-bond donors (Lipinski definition) is 0. The summed E-state index contributed by atoms with van der Waals surface area (Å²) in [7, 11) is 0. The summed E-state index contributed by atoms with van der Waals surface area (Å²) in [5.74, 6) is 0.615. The van der Waals surface area contributed by atoms with E-state index in [1.165, 1.54) is 12.8 Å². The van der Waals surface area contributed by atoms with Gasteiger partial charge in [-0.1, -0.05) is 19.8 Å². The molecule has 1 aliphatic rings. The lowest BCUT2D eigenvalue weighted by atomic mass is 9.93. The van der Waals surface area contributed by atoms with Gasteiger partial charge in [0, 0.05) is 23.9 Å². The van der Waals surface area contributed by atoms with Crippen LogP contribution in [0.4, 0.5) is 0 Å². The number of aromatic nitrogens is 1. The fourth-order valence-corrected chi connectivity index (χ4v) is 2.36. The van der Waals surface area contributed by atoms with E-state index in [1.54, 1.807) is 6.20 Å². The maximum absolute atomic E-state index is 12.2. The average Bonchev–Trinajstić information content (AvgIpc) is 2.81. The first-order valence-electron chi connectivity index (χ1n) is 5.80. The van der Waals surface area contributed by atoms with Gasteiger partial charge in [-0.05, 0) is 30.9 Å². The SMILES string of the molecule is CCc1cnccc1C(=O)C1CCCC1. The van der Waals surface area contributed by atoms with Gasteiger partial charge in [0.1, 0.15) is 0 Å². The second-order valence-corrected chi connectivity index (χ2v) is 4.23. The summed E-state index contributed by atoms with van der Waals surface area (Å²) >= 11 is 0. The minimum atomic E-state index is 0.276. The lowest BCUT2D eigenvalue weighted by Crippen LogP contribution is -2.13. The molecule has 1 saturated carbocycles. The Morgan fingerprint density at radius 3 is 2.87 bits per heavy atom. The number of Topliss-reactive ketones (excluding diaryl/α,β-unsaturated/α-hetero) is 1. The highest BCUT2D eigenvalue weighted by Crippen LogP contribution is 2.28. The van der Waals surface area contributed by atoms with Crippen LogP contribution in [0.5, 0.6) is 0 Å². The van der Waals surface area contributed by atoms with Gasteiger partial charge in [-0.3, -0.25) is 9.78 Å². The fraction of sp³-hybridized carbons (Fsp3) is 0.538. The Kier molecular flexibility index (Phi) is 3.14. The zero-order valence-electron chi connectivity index (χ0n) is 9.20. The lowest BCUT2D eigenvalue weighted by molar-refractivity contribution is 0.0922. The van der Waals surface area contributed by atoms with Gasteiger partial charge < -0.3 is 0 Å². The topological polar surface area (TPSA) is 30.0 Å². The van der Waals surface area contributed by atoms with Crippen molar-refractivity contribution in [1.29, 1.82) is 0 Å².